The molecule has 33 heavy (non-hydrogen) atoms. The Morgan fingerprint density at radius 2 is 1.21 bits per heavy atom. The van der Waals surface area contributed by atoms with Crippen molar-refractivity contribution in [2.75, 3.05) is 79.0 Å². The van der Waals surface area contributed by atoms with Crippen molar-refractivity contribution in [2.45, 2.75) is 26.9 Å². The molecule has 186 valence electrons. The van der Waals surface area contributed by atoms with Crippen molar-refractivity contribution < 1.29 is 33.3 Å². The lowest BCUT2D eigenvalue weighted by atomic mass is 10.2. The number of carbonyl (C=O) groups excluding carboxylic acids is 2. The van der Waals surface area contributed by atoms with E-state index in [1.165, 1.54) is 0 Å². The van der Waals surface area contributed by atoms with Crippen LogP contribution in [0.5, 0.6) is 0 Å². The molecule has 0 unspecified atom stereocenters. The number of nitrogens with zero attached hydrogens (tertiary/aromatic N) is 3. The number of hydrogen-bond acceptors (Lipinski definition) is 10. The summed E-state index contributed by atoms with van der Waals surface area (Å²) in [5, 5.41) is 0. The van der Waals surface area contributed by atoms with Crippen molar-refractivity contribution in [3.8, 4) is 0 Å². The molecule has 1 aliphatic heterocycles. The molecule has 0 spiro atoms. The molecule has 0 radical (unpaired) electrons. The normalized spacial score (nSPS) is 18.1. The molecule has 0 aliphatic carbocycles. The molecule has 10 heteroatoms. The van der Waals surface area contributed by atoms with E-state index in [-0.39, 0.29) is 25.0 Å². The molecule has 0 aromatic carbocycles. The van der Waals surface area contributed by atoms with E-state index in [0.717, 1.165) is 11.4 Å². The average Bonchev–Trinajstić information content (AvgIpc) is 2.77. The molecule has 2 heterocycles. The first kappa shape index (κ1) is 27.1. The van der Waals surface area contributed by atoms with Crippen LogP contribution in [-0.2, 0) is 46.4 Å². The molecule has 1 aromatic heterocycles. The summed E-state index contributed by atoms with van der Waals surface area (Å²) in [7, 11) is 0. The predicted molar refractivity (Wildman–Crippen MR) is 121 cm³/mol. The van der Waals surface area contributed by atoms with Crippen LogP contribution in [0, 0.1) is 0 Å². The Kier molecular flexibility index (Phi) is 13.6. The van der Waals surface area contributed by atoms with E-state index in [9.17, 15) is 9.59 Å². The third kappa shape index (κ3) is 12.1. The fourth-order valence-corrected chi connectivity index (χ4v) is 3.30. The fraction of sp³-hybridized carbons (Fsp3) is 0.696. The van der Waals surface area contributed by atoms with Crippen LogP contribution in [0.4, 0.5) is 0 Å². The second-order valence-corrected chi connectivity index (χ2v) is 7.49. The van der Waals surface area contributed by atoms with Gasteiger partial charge in [-0.05, 0) is 26.0 Å². The zero-order valence-corrected chi connectivity index (χ0v) is 19.8. The van der Waals surface area contributed by atoms with Crippen molar-refractivity contribution in [2.24, 2.45) is 0 Å². The number of carbonyl (C=O) groups is 2. The van der Waals surface area contributed by atoms with Crippen LogP contribution in [0.1, 0.15) is 25.2 Å². The molecule has 1 aliphatic rings. The van der Waals surface area contributed by atoms with Crippen LogP contribution < -0.4 is 0 Å². The van der Waals surface area contributed by atoms with Crippen LogP contribution in [0.3, 0.4) is 0 Å². The fourth-order valence-electron chi connectivity index (χ4n) is 3.30. The topological polar surface area (TPSA) is 99.7 Å². The Bertz CT molecular complexity index is 651. The SMILES string of the molecule is CCOC(=O)CN1CCOCCOCCOCCN(CC(=O)OCC)Cc2cccc(n2)C1. The van der Waals surface area contributed by atoms with E-state index in [2.05, 4.69) is 0 Å². The lowest BCUT2D eigenvalue weighted by Crippen LogP contribution is -2.35. The van der Waals surface area contributed by atoms with Crippen LogP contribution >= 0.6 is 0 Å². The van der Waals surface area contributed by atoms with E-state index in [4.69, 9.17) is 28.7 Å². The number of rotatable bonds is 6. The first-order chi connectivity index (χ1) is 16.1. The Labute approximate surface area is 196 Å². The molecule has 0 saturated heterocycles. The lowest BCUT2D eigenvalue weighted by Gasteiger charge is -2.23. The second-order valence-electron chi connectivity index (χ2n) is 7.49. The minimum absolute atomic E-state index is 0.159. The van der Waals surface area contributed by atoms with Crippen LogP contribution in [0.15, 0.2) is 18.2 Å². The van der Waals surface area contributed by atoms with Crippen molar-refractivity contribution in [3.05, 3.63) is 29.6 Å². The number of ether oxygens (including phenoxy) is 5. The summed E-state index contributed by atoms with van der Waals surface area (Å²) in [4.78, 5) is 32.8. The molecule has 0 saturated carbocycles. The van der Waals surface area contributed by atoms with Gasteiger partial charge < -0.3 is 23.7 Å². The minimum atomic E-state index is -0.278. The smallest absolute Gasteiger partial charge is 0.320 e. The van der Waals surface area contributed by atoms with Crippen molar-refractivity contribution in [3.63, 3.8) is 0 Å². The maximum Gasteiger partial charge on any atom is 0.320 e. The van der Waals surface area contributed by atoms with E-state index >= 15 is 0 Å². The molecule has 10 nitrogen and oxygen atoms in total. The maximum absolute atomic E-state index is 12.1. The number of aromatic nitrogens is 1. The zero-order chi connectivity index (χ0) is 23.7. The Hall–Kier alpha value is -2.11. The van der Waals surface area contributed by atoms with Crippen molar-refractivity contribution in [1.29, 1.82) is 0 Å². The van der Waals surface area contributed by atoms with Crippen molar-refractivity contribution in [1.82, 2.24) is 14.8 Å². The van der Waals surface area contributed by atoms with Gasteiger partial charge in [0.25, 0.3) is 0 Å². The Morgan fingerprint density at radius 3 is 1.64 bits per heavy atom. The molecule has 1 aromatic rings. The monoisotopic (exact) mass is 467 g/mol. The first-order valence-corrected chi connectivity index (χ1v) is 11.5. The van der Waals surface area contributed by atoms with Crippen LogP contribution in [0.2, 0.25) is 0 Å². The second kappa shape index (κ2) is 16.5. The molecule has 2 bridgehead atoms. The van der Waals surface area contributed by atoms with Gasteiger partial charge in [-0.2, -0.15) is 0 Å². The van der Waals surface area contributed by atoms with Gasteiger partial charge >= 0.3 is 11.9 Å². The third-order valence-corrected chi connectivity index (χ3v) is 4.80. The van der Waals surface area contributed by atoms with E-state index in [1.807, 2.05) is 28.0 Å². The van der Waals surface area contributed by atoms with Gasteiger partial charge in [0, 0.05) is 26.2 Å². The summed E-state index contributed by atoms with van der Waals surface area (Å²) in [5.41, 5.74) is 1.65. The zero-order valence-electron chi connectivity index (χ0n) is 19.8. The average molecular weight is 468 g/mol. The molecule has 0 atom stereocenters. The molecule has 0 N–H and O–H groups in total. The summed E-state index contributed by atoms with van der Waals surface area (Å²) < 4.78 is 27.0. The van der Waals surface area contributed by atoms with Crippen molar-refractivity contribution >= 4 is 11.9 Å². The van der Waals surface area contributed by atoms with Gasteiger partial charge in [0.05, 0.1) is 77.3 Å². The molecular formula is C23H37N3O7. The van der Waals surface area contributed by atoms with Gasteiger partial charge in [-0.3, -0.25) is 24.4 Å². The van der Waals surface area contributed by atoms with Crippen LogP contribution in [-0.4, -0.2) is 106 Å². The molecule has 0 fully saturated rings. The van der Waals surface area contributed by atoms with E-state index in [0.29, 0.717) is 79.0 Å². The quantitative estimate of drug-likeness (QED) is 0.561. The Balaban J connectivity index is 2.11. The van der Waals surface area contributed by atoms with Crippen LogP contribution in [0.25, 0.3) is 0 Å². The Morgan fingerprint density at radius 1 is 0.788 bits per heavy atom. The highest BCUT2D eigenvalue weighted by Crippen LogP contribution is 2.08. The van der Waals surface area contributed by atoms with E-state index in [1.54, 1.807) is 13.8 Å². The summed E-state index contributed by atoms with van der Waals surface area (Å²) in [6.07, 6.45) is 0. The summed E-state index contributed by atoms with van der Waals surface area (Å²) in [6, 6.07) is 5.78. The molecule has 2 rings (SSSR count). The van der Waals surface area contributed by atoms with E-state index < -0.39 is 0 Å². The highest BCUT2D eigenvalue weighted by atomic mass is 16.5. The van der Waals surface area contributed by atoms with Gasteiger partial charge in [0.1, 0.15) is 0 Å². The number of esters is 2. The van der Waals surface area contributed by atoms with Gasteiger partial charge in [0.15, 0.2) is 0 Å². The standard InChI is InChI=1S/C23H37N3O7/c1-3-32-22(27)18-25-8-10-29-12-14-31-15-13-30-11-9-26(19-23(28)33-4-2)17-21-7-5-6-20(16-25)24-21/h5-7H,3-4,8-19H2,1-2H3. The summed E-state index contributed by atoms with van der Waals surface area (Å²) >= 11 is 0. The first-order valence-electron chi connectivity index (χ1n) is 11.5. The number of hydrogen-bond donors (Lipinski definition) is 0. The van der Waals surface area contributed by atoms with Gasteiger partial charge in [-0.15, -0.1) is 0 Å². The maximum atomic E-state index is 12.1. The van der Waals surface area contributed by atoms with Gasteiger partial charge in [0.2, 0.25) is 0 Å². The molecule has 0 amide bonds. The largest absolute Gasteiger partial charge is 0.465 e. The highest BCUT2D eigenvalue weighted by Gasteiger charge is 2.16. The number of pyridine rings is 1. The molecular weight excluding hydrogens is 430 g/mol. The lowest BCUT2D eigenvalue weighted by molar-refractivity contribution is -0.145. The highest BCUT2D eigenvalue weighted by molar-refractivity contribution is 5.72. The predicted octanol–water partition coefficient (Wildman–Crippen LogP) is 0.875. The van der Waals surface area contributed by atoms with Gasteiger partial charge in [-0.1, -0.05) is 6.07 Å². The summed E-state index contributed by atoms with van der Waals surface area (Å²) in [6.45, 7) is 9.46. The van der Waals surface area contributed by atoms with Gasteiger partial charge in [-0.25, -0.2) is 0 Å². The minimum Gasteiger partial charge on any atom is -0.465 e. The third-order valence-electron chi connectivity index (χ3n) is 4.80. The summed E-state index contributed by atoms with van der Waals surface area (Å²) in [5.74, 6) is -0.556. The number of fused-ring (bicyclic) bond motifs is 2.